The van der Waals surface area contributed by atoms with Crippen molar-refractivity contribution in [1.29, 1.82) is 0 Å². The third-order valence-corrected chi connectivity index (χ3v) is 10.8. The van der Waals surface area contributed by atoms with Gasteiger partial charge in [-0.15, -0.1) is 0 Å². The fourth-order valence-corrected chi connectivity index (χ4v) is 7.96. The zero-order valence-electron chi connectivity index (χ0n) is 27.4. The Bertz CT molecular complexity index is 1890. The van der Waals surface area contributed by atoms with Crippen LogP contribution in [0.4, 0.5) is 19.3 Å². The van der Waals surface area contributed by atoms with Crippen molar-refractivity contribution in [3.05, 3.63) is 124 Å². The molecule has 0 aliphatic carbocycles. The molecular formula is C36H37ClF2N4O6S. The van der Waals surface area contributed by atoms with Gasteiger partial charge in [-0.3, -0.25) is 4.79 Å². The van der Waals surface area contributed by atoms with E-state index in [0.717, 1.165) is 7.11 Å². The van der Waals surface area contributed by atoms with Crippen molar-refractivity contribution in [2.45, 2.75) is 35.7 Å². The number of carbonyl (C=O) groups excluding carboxylic acids is 2. The van der Waals surface area contributed by atoms with Crippen LogP contribution in [0.3, 0.4) is 0 Å². The van der Waals surface area contributed by atoms with Gasteiger partial charge in [-0.05, 0) is 84.6 Å². The number of benzene rings is 4. The first-order chi connectivity index (χ1) is 24.0. The Balaban J connectivity index is 1.43. The maximum absolute atomic E-state index is 15.5. The summed E-state index contributed by atoms with van der Waals surface area (Å²) in [5.41, 5.74) is 1.15. The van der Waals surface area contributed by atoms with Crippen molar-refractivity contribution >= 4 is 39.3 Å². The van der Waals surface area contributed by atoms with E-state index in [2.05, 4.69) is 16.0 Å². The molecular weight excluding hydrogens is 690 g/mol. The highest BCUT2D eigenvalue weighted by atomic mass is 35.5. The molecule has 4 aromatic carbocycles. The molecule has 3 N–H and O–H groups in total. The Kier molecular flexibility index (Phi) is 12.1. The molecule has 1 aliphatic heterocycles. The molecule has 0 saturated carbocycles. The Hall–Kier alpha value is -4.56. The van der Waals surface area contributed by atoms with E-state index in [-0.39, 0.29) is 35.5 Å². The van der Waals surface area contributed by atoms with Crippen LogP contribution in [0.5, 0.6) is 5.75 Å². The summed E-state index contributed by atoms with van der Waals surface area (Å²) in [4.78, 5) is 26.8. The maximum Gasteiger partial charge on any atom is 0.407 e. The van der Waals surface area contributed by atoms with Crippen molar-refractivity contribution in [2.75, 3.05) is 39.2 Å². The molecule has 0 bridgehead atoms. The minimum atomic E-state index is -3.89. The normalized spacial score (nSPS) is 16.2. The Morgan fingerprint density at radius 2 is 1.68 bits per heavy atom. The summed E-state index contributed by atoms with van der Waals surface area (Å²) in [7, 11) is -1.25. The number of hydrogen-bond acceptors (Lipinski definition) is 7. The number of carbonyl (C=O) groups is 2. The van der Waals surface area contributed by atoms with Crippen molar-refractivity contribution in [3.63, 3.8) is 0 Å². The Morgan fingerprint density at radius 1 is 0.980 bits per heavy atom. The van der Waals surface area contributed by atoms with Crippen LogP contribution in [-0.2, 0) is 26.0 Å². The topological polar surface area (TPSA) is 126 Å². The highest BCUT2D eigenvalue weighted by molar-refractivity contribution is 7.89. The van der Waals surface area contributed by atoms with E-state index in [1.807, 2.05) is 0 Å². The number of anilines is 1. The summed E-state index contributed by atoms with van der Waals surface area (Å²) >= 11 is 6.30. The largest absolute Gasteiger partial charge is 0.497 e. The van der Waals surface area contributed by atoms with Crippen LogP contribution in [0.15, 0.2) is 95.9 Å². The van der Waals surface area contributed by atoms with Gasteiger partial charge in [0.05, 0.1) is 19.1 Å². The number of ether oxygens (including phenoxy) is 2. The first kappa shape index (κ1) is 36.7. The van der Waals surface area contributed by atoms with E-state index in [1.54, 1.807) is 42.5 Å². The van der Waals surface area contributed by atoms with Gasteiger partial charge in [-0.1, -0.05) is 41.9 Å². The average Bonchev–Trinajstić information content (AvgIpc) is 3.11. The van der Waals surface area contributed by atoms with Crippen molar-refractivity contribution < 1.29 is 36.3 Å². The first-order valence-electron chi connectivity index (χ1n) is 15.8. The fourth-order valence-electron chi connectivity index (χ4n) is 6.10. The number of methoxy groups -OCH3 is 2. The summed E-state index contributed by atoms with van der Waals surface area (Å²) in [5, 5.41) is 8.90. The molecule has 3 atom stereocenters. The van der Waals surface area contributed by atoms with Gasteiger partial charge in [0.2, 0.25) is 15.9 Å². The zero-order chi connectivity index (χ0) is 35.8. The minimum Gasteiger partial charge on any atom is -0.497 e. The van der Waals surface area contributed by atoms with Crippen LogP contribution >= 0.6 is 11.6 Å². The number of halogens is 3. The number of nitrogens with one attached hydrogen (secondary N) is 3. The highest BCUT2D eigenvalue weighted by Crippen LogP contribution is 2.32. The van der Waals surface area contributed by atoms with E-state index in [9.17, 15) is 22.4 Å². The molecule has 0 radical (unpaired) electrons. The van der Waals surface area contributed by atoms with Crippen LogP contribution in [0, 0.1) is 11.6 Å². The molecule has 2 amide bonds. The third kappa shape index (κ3) is 8.59. The van der Waals surface area contributed by atoms with Gasteiger partial charge >= 0.3 is 6.09 Å². The molecule has 1 fully saturated rings. The minimum absolute atomic E-state index is 0.0694. The quantitative estimate of drug-likeness (QED) is 0.171. The van der Waals surface area contributed by atoms with Crippen LogP contribution < -0.4 is 20.7 Å². The first-order valence-corrected chi connectivity index (χ1v) is 17.6. The molecule has 10 nitrogen and oxygen atoms in total. The second kappa shape index (κ2) is 16.4. The summed E-state index contributed by atoms with van der Waals surface area (Å²) in [5.74, 6) is -2.32. The number of sulfonamides is 1. The predicted molar refractivity (Wildman–Crippen MR) is 186 cm³/mol. The summed E-state index contributed by atoms with van der Waals surface area (Å²) in [6, 6.07) is 20.6. The van der Waals surface area contributed by atoms with E-state index in [4.69, 9.17) is 21.1 Å². The molecule has 0 spiro atoms. The van der Waals surface area contributed by atoms with Crippen LogP contribution in [0.1, 0.15) is 29.0 Å². The zero-order valence-corrected chi connectivity index (χ0v) is 28.9. The summed E-state index contributed by atoms with van der Waals surface area (Å²) < 4.78 is 68.7. The van der Waals surface area contributed by atoms with Gasteiger partial charge in [0.15, 0.2) is 0 Å². The van der Waals surface area contributed by atoms with Crippen LogP contribution in [-0.4, -0.2) is 70.7 Å². The predicted octanol–water partition coefficient (Wildman–Crippen LogP) is 5.72. The van der Waals surface area contributed by atoms with Gasteiger partial charge < -0.3 is 25.4 Å². The summed E-state index contributed by atoms with van der Waals surface area (Å²) in [6.07, 6.45) is -0.624. The lowest BCUT2D eigenvalue weighted by Crippen LogP contribution is -2.53. The number of hydrogen-bond donors (Lipinski definition) is 3. The molecule has 50 heavy (non-hydrogen) atoms. The smallest absolute Gasteiger partial charge is 0.407 e. The van der Waals surface area contributed by atoms with E-state index in [1.165, 1.54) is 59.9 Å². The monoisotopic (exact) mass is 726 g/mol. The number of piperazine rings is 1. The fraction of sp³-hybridized carbons (Fsp3) is 0.278. The van der Waals surface area contributed by atoms with E-state index in [0.29, 0.717) is 35.0 Å². The van der Waals surface area contributed by atoms with Crippen molar-refractivity contribution in [2.24, 2.45) is 0 Å². The number of amides is 2. The van der Waals surface area contributed by atoms with Gasteiger partial charge in [0, 0.05) is 47.9 Å². The molecule has 5 rings (SSSR count). The van der Waals surface area contributed by atoms with Gasteiger partial charge in [-0.25, -0.2) is 22.0 Å². The molecule has 1 heterocycles. The summed E-state index contributed by atoms with van der Waals surface area (Å²) in [6.45, 7) is 0.998. The van der Waals surface area contributed by atoms with Gasteiger partial charge in [0.25, 0.3) is 0 Å². The average molecular weight is 727 g/mol. The number of rotatable bonds is 12. The second-order valence-electron chi connectivity index (χ2n) is 11.6. The van der Waals surface area contributed by atoms with Crippen LogP contribution in [0.2, 0.25) is 5.02 Å². The lowest BCUT2D eigenvalue weighted by molar-refractivity contribution is -0.118. The molecule has 1 saturated heterocycles. The van der Waals surface area contributed by atoms with Crippen LogP contribution in [0.25, 0.3) is 0 Å². The van der Waals surface area contributed by atoms with Gasteiger partial charge in [0.1, 0.15) is 23.4 Å². The number of nitrogens with zero attached hydrogens (tertiary/aromatic N) is 1. The van der Waals surface area contributed by atoms with Crippen molar-refractivity contribution in [1.82, 2.24) is 14.9 Å². The standard InChI is InChI=1S/C36H37ClF2N4O6S/c1-48-28-13-15-29(16-14-28)50(46,47)43-19-18-40-22-27(43)12-17-30-31(39)10-5-11-32(30)41-35(44)34(42-36(45)49-2)33(23-6-3-8-25(37)20-23)24-7-4-9-26(38)21-24/h3-11,13-16,20-21,27,33-34,40H,12,17-19,22H2,1-2H3,(H,41,44)(H,42,45)/t27-,33-,34-/m0/s1. The molecule has 4 aromatic rings. The van der Waals surface area contributed by atoms with E-state index >= 15 is 4.39 Å². The molecule has 1 aliphatic rings. The molecule has 0 aromatic heterocycles. The second-order valence-corrected chi connectivity index (χ2v) is 14.0. The number of alkyl carbamates (subject to hydrolysis) is 1. The molecule has 0 unspecified atom stereocenters. The Labute approximate surface area is 294 Å². The van der Waals surface area contributed by atoms with Gasteiger partial charge in [-0.2, -0.15) is 4.31 Å². The molecule has 14 heteroatoms. The van der Waals surface area contributed by atoms with E-state index < -0.39 is 51.7 Å². The SMILES string of the molecule is COC(=O)N[C@H](C(=O)Nc1cccc(F)c1CC[C@H]1CNCCN1S(=O)(=O)c1ccc(OC)cc1)[C@H](c1cccc(F)c1)c1cccc(Cl)c1. The third-order valence-electron chi connectivity index (χ3n) is 8.56. The highest BCUT2D eigenvalue weighted by Gasteiger charge is 2.35. The Morgan fingerprint density at radius 3 is 2.36 bits per heavy atom. The lowest BCUT2D eigenvalue weighted by atomic mass is 9.84. The lowest BCUT2D eigenvalue weighted by Gasteiger charge is -2.35. The maximum atomic E-state index is 15.5. The molecule has 264 valence electrons. The van der Waals surface area contributed by atoms with Crippen molar-refractivity contribution in [3.8, 4) is 5.75 Å².